The maximum absolute atomic E-state index is 12.4. The lowest BCUT2D eigenvalue weighted by Crippen LogP contribution is -2.13. The van der Waals surface area contributed by atoms with Crippen molar-refractivity contribution in [3.8, 4) is 5.75 Å². The van der Waals surface area contributed by atoms with Gasteiger partial charge in [-0.2, -0.15) is 0 Å². The van der Waals surface area contributed by atoms with Crippen molar-refractivity contribution in [3.05, 3.63) is 52.0 Å². The van der Waals surface area contributed by atoms with Crippen LogP contribution >= 0.6 is 15.9 Å². The highest BCUT2D eigenvalue weighted by Gasteiger charge is 2.19. The van der Waals surface area contributed by atoms with Crippen LogP contribution in [0.4, 0.5) is 5.69 Å². The predicted octanol–water partition coefficient (Wildman–Crippen LogP) is 3.49. The summed E-state index contributed by atoms with van der Waals surface area (Å²) >= 11 is 3.40. The van der Waals surface area contributed by atoms with Crippen molar-refractivity contribution >= 4 is 31.6 Å². The standard InChI is InChI=1S/C15H14BrNO3S/c1-10-2-3-12(9-14(10)16)17-21(18,19)13-4-5-15-11(8-13)6-7-20-15/h2-5,8-9,17H,6-7H2,1H3. The van der Waals surface area contributed by atoms with Crippen molar-refractivity contribution in [2.45, 2.75) is 18.2 Å². The summed E-state index contributed by atoms with van der Waals surface area (Å²) in [5.41, 5.74) is 2.51. The van der Waals surface area contributed by atoms with Gasteiger partial charge in [-0.05, 0) is 48.4 Å². The monoisotopic (exact) mass is 367 g/mol. The number of sulfonamides is 1. The van der Waals surface area contributed by atoms with E-state index in [0.717, 1.165) is 27.8 Å². The molecule has 1 heterocycles. The van der Waals surface area contributed by atoms with Crippen molar-refractivity contribution in [1.82, 2.24) is 0 Å². The summed E-state index contributed by atoms with van der Waals surface area (Å²) in [5, 5.41) is 0. The normalized spacial score (nSPS) is 13.6. The molecule has 21 heavy (non-hydrogen) atoms. The van der Waals surface area contributed by atoms with E-state index in [-0.39, 0.29) is 4.90 Å². The first kappa shape index (κ1) is 14.4. The number of benzene rings is 2. The lowest BCUT2D eigenvalue weighted by molar-refractivity contribution is 0.356. The molecule has 1 N–H and O–H groups in total. The van der Waals surface area contributed by atoms with E-state index in [1.165, 1.54) is 0 Å². The minimum atomic E-state index is -3.59. The quantitative estimate of drug-likeness (QED) is 0.902. The van der Waals surface area contributed by atoms with Gasteiger partial charge in [0.1, 0.15) is 5.75 Å². The van der Waals surface area contributed by atoms with Crippen LogP contribution < -0.4 is 9.46 Å². The van der Waals surface area contributed by atoms with Gasteiger partial charge in [-0.3, -0.25) is 4.72 Å². The molecule has 0 atom stereocenters. The second-order valence-electron chi connectivity index (χ2n) is 4.94. The fourth-order valence-corrected chi connectivity index (χ4v) is 3.68. The predicted molar refractivity (Wildman–Crippen MR) is 85.3 cm³/mol. The Morgan fingerprint density at radius 2 is 2.00 bits per heavy atom. The van der Waals surface area contributed by atoms with Crippen molar-refractivity contribution in [2.24, 2.45) is 0 Å². The maximum atomic E-state index is 12.4. The van der Waals surface area contributed by atoms with Gasteiger partial charge < -0.3 is 4.74 Å². The molecule has 0 radical (unpaired) electrons. The van der Waals surface area contributed by atoms with Crippen LogP contribution in [0.5, 0.6) is 5.75 Å². The Bertz CT molecular complexity index is 803. The number of halogens is 1. The second-order valence-corrected chi connectivity index (χ2v) is 7.47. The average molecular weight is 368 g/mol. The van der Waals surface area contributed by atoms with Crippen LogP contribution in [0, 0.1) is 6.92 Å². The molecule has 3 rings (SSSR count). The number of rotatable bonds is 3. The molecular weight excluding hydrogens is 354 g/mol. The third-order valence-electron chi connectivity index (χ3n) is 3.40. The fourth-order valence-electron chi connectivity index (χ4n) is 2.20. The van der Waals surface area contributed by atoms with Crippen LogP contribution in [-0.4, -0.2) is 15.0 Å². The van der Waals surface area contributed by atoms with Gasteiger partial charge in [0.2, 0.25) is 0 Å². The molecule has 1 aliphatic heterocycles. The lowest BCUT2D eigenvalue weighted by atomic mass is 10.2. The third-order valence-corrected chi connectivity index (χ3v) is 5.63. The van der Waals surface area contributed by atoms with E-state index in [9.17, 15) is 8.42 Å². The molecule has 0 spiro atoms. The van der Waals surface area contributed by atoms with Crippen LogP contribution in [0.2, 0.25) is 0 Å². The minimum Gasteiger partial charge on any atom is -0.493 e. The van der Waals surface area contributed by atoms with Crippen LogP contribution in [0.15, 0.2) is 45.8 Å². The maximum Gasteiger partial charge on any atom is 0.261 e. The molecule has 2 aromatic rings. The average Bonchev–Trinajstić information content (AvgIpc) is 2.90. The largest absolute Gasteiger partial charge is 0.493 e. The zero-order valence-corrected chi connectivity index (χ0v) is 13.8. The molecule has 0 fully saturated rings. The summed E-state index contributed by atoms with van der Waals surface area (Å²) in [6.45, 7) is 2.56. The molecule has 2 aromatic carbocycles. The molecule has 0 bridgehead atoms. The molecule has 0 saturated carbocycles. The first-order valence-corrected chi connectivity index (χ1v) is 8.78. The third kappa shape index (κ3) is 2.91. The number of ether oxygens (including phenoxy) is 1. The summed E-state index contributed by atoms with van der Waals surface area (Å²) in [6, 6.07) is 10.3. The molecule has 4 nitrogen and oxygen atoms in total. The zero-order chi connectivity index (χ0) is 15.0. The molecule has 1 aliphatic rings. The van der Waals surface area contributed by atoms with E-state index in [0.29, 0.717) is 12.3 Å². The molecule has 0 aliphatic carbocycles. The number of anilines is 1. The topological polar surface area (TPSA) is 55.4 Å². The van der Waals surface area contributed by atoms with Crippen molar-refractivity contribution < 1.29 is 13.2 Å². The number of aryl methyl sites for hydroxylation is 1. The molecule has 0 amide bonds. The van der Waals surface area contributed by atoms with Crippen LogP contribution in [0.1, 0.15) is 11.1 Å². The first-order valence-electron chi connectivity index (χ1n) is 6.50. The Morgan fingerprint density at radius 3 is 2.76 bits per heavy atom. The van der Waals surface area contributed by atoms with E-state index in [1.54, 1.807) is 30.3 Å². The van der Waals surface area contributed by atoms with E-state index in [1.807, 2.05) is 13.0 Å². The van der Waals surface area contributed by atoms with Gasteiger partial charge in [0, 0.05) is 16.6 Å². The number of hydrogen-bond donors (Lipinski definition) is 1. The van der Waals surface area contributed by atoms with E-state index >= 15 is 0 Å². The van der Waals surface area contributed by atoms with Crippen LogP contribution in [-0.2, 0) is 16.4 Å². The number of fused-ring (bicyclic) bond motifs is 1. The Labute approximate surface area is 132 Å². The van der Waals surface area contributed by atoms with Crippen LogP contribution in [0.3, 0.4) is 0 Å². The van der Waals surface area contributed by atoms with Gasteiger partial charge in [0.15, 0.2) is 0 Å². The van der Waals surface area contributed by atoms with Crippen molar-refractivity contribution in [3.63, 3.8) is 0 Å². The van der Waals surface area contributed by atoms with Gasteiger partial charge in [-0.15, -0.1) is 0 Å². The lowest BCUT2D eigenvalue weighted by Gasteiger charge is -2.10. The minimum absolute atomic E-state index is 0.253. The fraction of sp³-hybridized carbons (Fsp3) is 0.200. The summed E-state index contributed by atoms with van der Waals surface area (Å²) in [4.78, 5) is 0.253. The van der Waals surface area contributed by atoms with Gasteiger partial charge in [0.25, 0.3) is 10.0 Å². The number of hydrogen-bond acceptors (Lipinski definition) is 3. The zero-order valence-electron chi connectivity index (χ0n) is 11.4. The number of nitrogens with one attached hydrogen (secondary N) is 1. The molecule has 110 valence electrons. The van der Waals surface area contributed by atoms with Crippen LogP contribution in [0.25, 0.3) is 0 Å². The molecule has 0 aromatic heterocycles. The van der Waals surface area contributed by atoms with E-state index in [4.69, 9.17) is 4.74 Å². The SMILES string of the molecule is Cc1ccc(NS(=O)(=O)c2ccc3c(c2)CCO3)cc1Br. The molecule has 0 unspecified atom stereocenters. The van der Waals surface area contributed by atoms with Gasteiger partial charge in [0.05, 0.1) is 11.5 Å². The van der Waals surface area contributed by atoms with Gasteiger partial charge in [-0.1, -0.05) is 22.0 Å². The Balaban J connectivity index is 1.91. The highest BCUT2D eigenvalue weighted by molar-refractivity contribution is 9.10. The highest BCUT2D eigenvalue weighted by atomic mass is 79.9. The summed E-state index contributed by atoms with van der Waals surface area (Å²) in [7, 11) is -3.59. The Kier molecular flexibility index (Phi) is 3.67. The summed E-state index contributed by atoms with van der Waals surface area (Å²) in [5.74, 6) is 0.770. The molecular formula is C15H14BrNO3S. The Hall–Kier alpha value is -1.53. The van der Waals surface area contributed by atoms with Gasteiger partial charge >= 0.3 is 0 Å². The molecule has 0 saturated heterocycles. The Morgan fingerprint density at radius 1 is 1.19 bits per heavy atom. The summed E-state index contributed by atoms with van der Waals surface area (Å²) in [6.07, 6.45) is 0.745. The second kappa shape index (κ2) is 5.35. The summed E-state index contributed by atoms with van der Waals surface area (Å²) < 4.78 is 33.7. The van der Waals surface area contributed by atoms with E-state index in [2.05, 4.69) is 20.7 Å². The first-order chi connectivity index (χ1) is 9.95. The van der Waals surface area contributed by atoms with E-state index < -0.39 is 10.0 Å². The smallest absolute Gasteiger partial charge is 0.261 e. The highest BCUT2D eigenvalue weighted by Crippen LogP contribution is 2.29. The van der Waals surface area contributed by atoms with Crippen molar-refractivity contribution in [1.29, 1.82) is 0 Å². The van der Waals surface area contributed by atoms with Gasteiger partial charge in [-0.25, -0.2) is 8.42 Å². The molecule has 6 heteroatoms. The van der Waals surface area contributed by atoms with Crippen molar-refractivity contribution in [2.75, 3.05) is 11.3 Å².